The Morgan fingerprint density at radius 2 is 1.72 bits per heavy atom. The molecule has 1 aliphatic rings. The molecule has 2 aromatic rings. The van der Waals surface area contributed by atoms with Gasteiger partial charge in [-0.15, -0.1) is 0 Å². The van der Waals surface area contributed by atoms with Crippen molar-refractivity contribution in [1.82, 2.24) is 4.31 Å². The summed E-state index contributed by atoms with van der Waals surface area (Å²) in [6, 6.07) is 10.1. The summed E-state index contributed by atoms with van der Waals surface area (Å²) in [6.07, 6.45) is 0.696. The highest BCUT2D eigenvalue weighted by Crippen LogP contribution is 2.26. The summed E-state index contributed by atoms with van der Waals surface area (Å²) in [6.45, 7) is 5.67. The molecule has 3 rings (SSSR count). The number of esters is 1. The van der Waals surface area contributed by atoms with E-state index in [0.717, 1.165) is 16.7 Å². The molecule has 1 fully saturated rings. The lowest BCUT2D eigenvalue weighted by Crippen LogP contribution is -2.41. The standard InChI is InChI=1S/C23H27ClN2O5S/c1-15-4-6-20(13-16(15)2)32(29,30)26-10-8-18(9-11-26)23(28)31-14-22(27)25-21-7-5-19(24)12-17(21)3/h4-7,12-13,18H,8-11,14H2,1-3H3,(H,25,27). The van der Waals surface area contributed by atoms with Crippen LogP contribution in [0.3, 0.4) is 0 Å². The molecule has 1 amide bonds. The minimum absolute atomic E-state index is 0.227. The molecular weight excluding hydrogens is 452 g/mol. The van der Waals surface area contributed by atoms with E-state index in [9.17, 15) is 18.0 Å². The second-order valence-electron chi connectivity index (χ2n) is 8.04. The fourth-order valence-electron chi connectivity index (χ4n) is 3.56. The zero-order valence-electron chi connectivity index (χ0n) is 18.4. The van der Waals surface area contributed by atoms with Crippen LogP contribution in [0.2, 0.25) is 5.02 Å². The van der Waals surface area contributed by atoms with Crippen molar-refractivity contribution in [2.75, 3.05) is 25.0 Å². The molecule has 7 nitrogen and oxygen atoms in total. The van der Waals surface area contributed by atoms with E-state index >= 15 is 0 Å². The van der Waals surface area contributed by atoms with Crippen molar-refractivity contribution in [2.24, 2.45) is 5.92 Å². The lowest BCUT2D eigenvalue weighted by Gasteiger charge is -2.30. The number of carbonyl (C=O) groups is 2. The number of sulfonamides is 1. The van der Waals surface area contributed by atoms with E-state index in [0.29, 0.717) is 23.6 Å². The van der Waals surface area contributed by atoms with Gasteiger partial charge in [-0.1, -0.05) is 17.7 Å². The van der Waals surface area contributed by atoms with E-state index in [-0.39, 0.29) is 18.0 Å². The quantitative estimate of drug-likeness (QED) is 0.636. The number of anilines is 1. The van der Waals surface area contributed by atoms with Gasteiger partial charge in [-0.3, -0.25) is 9.59 Å². The molecule has 2 aromatic carbocycles. The second kappa shape index (κ2) is 10.0. The van der Waals surface area contributed by atoms with E-state index < -0.39 is 34.4 Å². The molecule has 0 unspecified atom stereocenters. The number of rotatable bonds is 6. The normalized spacial score (nSPS) is 15.4. The first-order valence-corrected chi connectivity index (χ1v) is 12.2. The van der Waals surface area contributed by atoms with Gasteiger partial charge in [-0.25, -0.2) is 8.42 Å². The van der Waals surface area contributed by atoms with Gasteiger partial charge in [0.2, 0.25) is 10.0 Å². The maximum Gasteiger partial charge on any atom is 0.309 e. The summed E-state index contributed by atoms with van der Waals surface area (Å²) in [5.41, 5.74) is 3.34. The molecular formula is C23H27ClN2O5S. The van der Waals surface area contributed by atoms with E-state index in [4.69, 9.17) is 16.3 Å². The average Bonchev–Trinajstić information content (AvgIpc) is 2.76. The van der Waals surface area contributed by atoms with Crippen LogP contribution >= 0.6 is 11.6 Å². The molecule has 0 saturated carbocycles. The van der Waals surface area contributed by atoms with Crippen LogP contribution in [0.5, 0.6) is 0 Å². The second-order valence-corrected chi connectivity index (χ2v) is 10.4. The SMILES string of the molecule is Cc1ccc(S(=O)(=O)N2CCC(C(=O)OCC(=O)Nc3ccc(Cl)cc3C)CC2)cc1C. The topological polar surface area (TPSA) is 92.8 Å². The van der Waals surface area contributed by atoms with E-state index in [1.54, 1.807) is 36.4 Å². The lowest BCUT2D eigenvalue weighted by atomic mass is 9.98. The van der Waals surface area contributed by atoms with Gasteiger partial charge in [0.15, 0.2) is 6.61 Å². The van der Waals surface area contributed by atoms with Crippen molar-refractivity contribution in [1.29, 1.82) is 0 Å². The minimum atomic E-state index is -3.61. The summed E-state index contributed by atoms with van der Waals surface area (Å²) in [4.78, 5) is 24.8. The first-order valence-electron chi connectivity index (χ1n) is 10.4. The Labute approximate surface area is 193 Å². The van der Waals surface area contributed by atoms with Crippen molar-refractivity contribution in [3.05, 3.63) is 58.1 Å². The molecule has 0 radical (unpaired) electrons. The number of hydrogen-bond donors (Lipinski definition) is 1. The number of nitrogens with zero attached hydrogens (tertiary/aromatic N) is 1. The summed E-state index contributed by atoms with van der Waals surface area (Å²) < 4.78 is 32.4. The number of hydrogen-bond acceptors (Lipinski definition) is 5. The van der Waals surface area contributed by atoms with Gasteiger partial charge < -0.3 is 10.1 Å². The summed E-state index contributed by atoms with van der Waals surface area (Å²) in [5.74, 6) is -1.37. The van der Waals surface area contributed by atoms with Crippen molar-refractivity contribution < 1.29 is 22.7 Å². The van der Waals surface area contributed by atoms with Gasteiger partial charge in [-0.2, -0.15) is 4.31 Å². The van der Waals surface area contributed by atoms with E-state index in [1.165, 1.54) is 4.31 Å². The number of nitrogens with one attached hydrogen (secondary N) is 1. The monoisotopic (exact) mass is 478 g/mol. The van der Waals surface area contributed by atoms with E-state index in [1.807, 2.05) is 20.8 Å². The molecule has 9 heteroatoms. The van der Waals surface area contributed by atoms with Crippen LogP contribution in [-0.2, 0) is 24.3 Å². The third-order valence-electron chi connectivity index (χ3n) is 5.71. The van der Waals surface area contributed by atoms with E-state index in [2.05, 4.69) is 5.32 Å². The van der Waals surface area contributed by atoms with Crippen molar-refractivity contribution in [3.8, 4) is 0 Å². The largest absolute Gasteiger partial charge is 0.455 e. The third kappa shape index (κ3) is 5.68. The molecule has 0 atom stereocenters. The highest BCUT2D eigenvalue weighted by molar-refractivity contribution is 7.89. The van der Waals surface area contributed by atoms with Gasteiger partial charge in [0.05, 0.1) is 10.8 Å². The molecule has 1 aliphatic heterocycles. The molecule has 0 aliphatic carbocycles. The molecule has 0 spiro atoms. The summed E-state index contributed by atoms with van der Waals surface area (Å²) in [7, 11) is -3.61. The van der Waals surface area contributed by atoms with Crippen LogP contribution in [0, 0.1) is 26.7 Å². The van der Waals surface area contributed by atoms with Gasteiger partial charge in [-0.05, 0) is 80.6 Å². The predicted molar refractivity (Wildman–Crippen MR) is 123 cm³/mol. The van der Waals surface area contributed by atoms with Gasteiger partial charge in [0.25, 0.3) is 5.91 Å². The number of amides is 1. The zero-order chi connectivity index (χ0) is 23.5. The maximum atomic E-state index is 12.9. The molecule has 0 aromatic heterocycles. The van der Waals surface area contributed by atoms with Crippen LogP contribution in [-0.4, -0.2) is 44.3 Å². The average molecular weight is 479 g/mol. The fraction of sp³-hybridized carbons (Fsp3) is 0.391. The lowest BCUT2D eigenvalue weighted by molar-refractivity contribution is -0.152. The number of ether oxygens (including phenoxy) is 1. The fourth-order valence-corrected chi connectivity index (χ4v) is 5.35. The Morgan fingerprint density at radius 1 is 1.03 bits per heavy atom. The summed E-state index contributed by atoms with van der Waals surface area (Å²) >= 11 is 5.91. The van der Waals surface area contributed by atoms with Crippen LogP contribution in [0.25, 0.3) is 0 Å². The zero-order valence-corrected chi connectivity index (χ0v) is 19.9. The van der Waals surface area contributed by atoms with Crippen molar-refractivity contribution >= 4 is 39.2 Å². The Kier molecular flexibility index (Phi) is 7.59. The van der Waals surface area contributed by atoms with Crippen LogP contribution in [0.15, 0.2) is 41.3 Å². The van der Waals surface area contributed by atoms with Gasteiger partial charge in [0, 0.05) is 23.8 Å². The number of benzene rings is 2. The van der Waals surface area contributed by atoms with Crippen molar-refractivity contribution in [2.45, 2.75) is 38.5 Å². The number of carbonyl (C=O) groups excluding carboxylic acids is 2. The molecule has 172 valence electrons. The molecule has 0 bridgehead atoms. The molecule has 1 saturated heterocycles. The smallest absolute Gasteiger partial charge is 0.309 e. The highest BCUT2D eigenvalue weighted by Gasteiger charge is 2.33. The maximum absolute atomic E-state index is 12.9. The number of aryl methyl sites for hydroxylation is 3. The Balaban J connectivity index is 1.50. The van der Waals surface area contributed by atoms with Crippen LogP contribution in [0.4, 0.5) is 5.69 Å². The highest BCUT2D eigenvalue weighted by atomic mass is 35.5. The molecule has 1 heterocycles. The Bertz CT molecular complexity index is 1130. The van der Waals surface area contributed by atoms with Gasteiger partial charge >= 0.3 is 5.97 Å². The number of piperidine rings is 1. The first kappa shape index (κ1) is 24.2. The summed E-state index contributed by atoms with van der Waals surface area (Å²) in [5, 5.41) is 3.25. The molecule has 1 N–H and O–H groups in total. The molecule has 32 heavy (non-hydrogen) atoms. The predicted octanol–water partition coefficient (Wildman–Crippen LogP) is 3.85. The minimum Gasteiger partial charge on any atom is -0.455 e. The Morgan fingerprint density at radius 3 is 2.34 bits per heavy atom. The third-order valence-corrected chi connectivity index (χ3v) is 7.84. The Hall–Kier alpha value is -2.42. The van der Waals surface area contributed by atoms with Gasteiger partial charge in [0.1, 0.15) is 0 Å². The first-order chi connectivity index (χ1) is 15.1. The van der Waals surface area contributed by atoms with Crippen molar-refractivity contribution in [3.63, 3.8) is 0 Å². The van der Waals surface area contributed by atoms with Crippen LogP contribution < -0.4 is 5.32 Å². The van der Waals surface area contributed by atoms with Crippen LogP contribution in [0.1, 0.15) is 29.5 Å². The number of halogens is 1.